The molecule has 0 aliphatic heterocycles. The SMILES string of the molecule is CSc1ccc(-c2csc(NC(=O)Cn3ncc(=O)c4ccccc43)n2)cc1. The van der Waals surface area contributed by atoms with E-state index in [2.05, 4.69) is 15.4 Å². The Kier molecular flexibility index (Phi) is 5.23. The van der Waals surface area contributed by atoms with Crippen molar-refractivity contribution < 1.29 is 4.79 Å². The van der Waals surface area contributed by atoms with Crippen molar-refractivity contribution in [3.8, 4) is 11.3 Å². The van der Waals surface area contributed by atoms with Crippen LogP contribution >= 0.6 is 23.1 Å². The Hall–Kier alpha value is -2.97. The first-order valence-electron chi connectivity index (χ1n) is 8.49. The third-order valence-electron chi connectivity index (χ3n) is 4.19. The van der Waals surface area contributed by atoms with Gasteiger partial charge in [0.25, 0.3) is 0 Å². The molecule has 140 valence electrons. The summed E-state index contributed by atoms with van der Waals surface area (Å²) in [6.07, 6.45) is 3.27. The number of carbonyl (C=O) groups excluding carboxylic acids is 1. The van der Waals surface area contributed by atoms with E-state index in [0.717, 1.165) is 11.3 Å². The highest BCUT2D eigenvalue weighted by atomic mass is 32.2. The Balaban J connectivity index is 1.50. The number of para-hydroxylation sites is 1. The monoisotopic (exact) mass is 408 g/mol. The lowest BCUT2D eigenvalue weighted by Crippen LogP contribution is -2.22. The molecule has 0 radical (unpaired) electrons. The van der Waals surface area contributed by atoms with Gasteiger partial charge in [-0.3, -0.25) is 14.3 Å². The Morgan fingerprint density at radius 2 is 1.96 bits per heavy atom. The van der Waals surface area contributed by atoms with Crippen molar-refractivity contribution in [2.75, 3.05) is 11.6 Å². The molecule has 2 aromatic heterocycles. The quantitative estimate of drug-likeness (QED) is 0.507. The molecule has 8 heteroatoms. The molecule has 0 saturated carbocycles. The topological polar surface area (TPSA) is 76.9 Å². The minimum Gasteiger partial charge on any atom is -0.300 e. The average molecular weight is 409 g/mol. The summed E-state index contributed by atoms with van der Waals surface area (Å²) < 4.78 is 1.52. The van der Waals surface area contributed by atoms with Crippen LogP contribution in [0.3, 0.4) is 0 Å². The third-order valence-corrected chi connectivity index (χ3v) is 5.69. The first-order chi connectivity index (χ1) is 13.6. The van der Waals surface area contributed by atoms with E-state index in [1.165, 1.54) is 27.1 Å². The van der Waals surface area contributed by atoms with Gasteiger partial charge in [-0.1, -0.05) is 24.3 Å². The van der Waals surface area contributed by atoms with Crippen molar-refractivity contribution in [2.45, 2.75) is 11.4 Å². The molecule has 0 atom stereocenters. The van der Waals surface area contributed by atoms with Crippen molar-refractivity contribution in [3.63, 3.8) is 0 Å². The van der Waals surface area contributed by atoms with Gasteiger partial charge in [-0.2, -0.15) is 5.10 Å². The largest absolute Gasteiger partial charge is 0.300 e. The molecule has 4 aromatic rings. The average Bonchev–Trinajstić information content (AvgIpc) is 3.19. The van der Waals surface area contributed by atoms with Crippen LogP contribution in [0.15, 0.2) is 69.8 Å². The summed E-state index contributed by atoms with van der Waals surface area (Å²) in [4.78, 5) is 30.0. The van der Waals surface area contributed by atoms with Gasteiger partial charge in [-0.15, -0.1) is 23.1 Å². The standard InChI is InChI=1S/C20H16N4O2S2/c1-27-14-8-6-13(7-9-14)16-12-28-20(22-16)23-19(26)11-24-17-5-3-2-4-15(17)18(25)10-21-24/h2-10,12H,11H2,1H3,(H,22,23,26). The highest BCUT2D eigenvalue weighted by molar-refractivity contribution is 7.98. The van der Waals surface area contributed by atoms with Crippen molar-refractivity contribution in [3.05, 3.63) is 70.3 Å². The number of fused-ring (bicyclic) bond motifs is 1. The summed E-state index contributed by atoms with van der Waals surface area (Å²) in [5.41, 5.74) is 2.28. The van der Waals surface area contributed by atoms with Crippen LogP contribution in [0.4, 0.5) is 5.13 Å². The number of nitrogens with zero attached hydrogens (tertiary/aromatic N) is 3. The Labute approximate surface area is 169 Å². The lowest BCUT2D eigenvalue weighted by molar-refractivity contribution is -0.116. The molecule has 0 spiro atoms. The molecule has 1 N–H and O–H groups in total. The highest BCUT2D eigenvalue weighted by Crippen LogP contribution is 2.26. The van der Waals surface area contributed by atoms with E-state index < -0.39 is 0 Å². The van der Waals surface area contributed by atoms with Crippen LogP contribution in [0, 0.1) is 0 Å². The van der Waals surface area contributed by atoms with Crippen LogP contribution in [0.2, 0.25) is 0 Å². The predicted octanol–water partition coefficient (Wildman–Crippen LogP) is 3.88. The second kappa shape index (κ2) is 7.95. The summed E-state index contributed by atoms with van der Waals surface area (Å²) in [6, 6.07) is 15.2. The summed E-state index contributed by atoms with van der Waals surface area (Å²) in [5.74, 6) is -0.250. The Morgan fingerprint density at radius 1 is 1.18 bits per heavy atom. The predicted molar refractivity (Wildman–Crippen MR) is 114 cm³/mol. The van der Waals surface area contributed by atoms with Gasteiger partial charge in [0.15, 0.2) is 5.13 Å². The van der Waals surface area contributed by atoms with Gasteiger partial charge in [0, 0.05) is 21.2 Å². The second-order valence-corrected chi connectivity index (χ2v) is 7.74. The van der Waals surface area contributed by atoms with Crippen LogP contribution in [-0.4, -0.2) is 26.9 Å². The Morgan fingerprint density at radius 3 is 2.75 bits per heavy atom. The van der Waals surface area contributed by atoms with Crippen LogP contribution in [0.5, 0.6) is 0 Å². The van der Waals surface area contributed by atoms with Crippen LogP contribution in [0.1, 0.15) is 0 Å². The molecule has 2 aromatic carbocycles. The zero-order valence-electron chi connectivity index (χ0n) is 15.0. The Bertz CT molecular complexity index is 1200. The number of thiazole rings is 1. The third kappa shape index (κ3) is 3.83. The van der Waals surface area contributed by atoms with Gasteiger partial charge < -0.3 is 5.32 Å². The number of amides is 1. The fraction of sp³-hybridized carbons (Fsp3) is 0.100. The van der Waals surface area contributed by atoms with Gasteiger partial charge in [0.1, 0.15) is 6.54 Å². The number of carbonyl (C=O) groups is 1. The van der Waals surface area contributed by atoms with Gasteiger partial charge in [0.05, 0.1) is 17.4 Å². The maximum Gasteiger partial charge on any atom is 0.247 e. The van der Waals surface area contributed by atoms with E-state index in [1.807, 2.05) is 42.0 Å². The lowest BCUT2D eigenvalue weighted by atomic mass is 10.2. The molecular weight excluding hydrogens is 392 g/mol. The van der Waals surface area contributed by atoms with Gasteiger partial charge in [0.2, 0.25) is 11.3 Å². The van der Waals surface area contributed by atoms with Crippen molar-refractivity contribution in [1.82, 2.24) is 14.8 Å². The molecule has 0 aliphatic rings. The van der Waals surface area contributed by atoms with Gasteiger partial charge in [-0.05, 0) is 30.5 Å². The molecule has 6 nitrogen and oxygen atoms in total. The number of hydrogen-bond acceptors (Lipinski definition) is 6. The van der Waals surface area contributed by atoms with Crippen LogP contribution < -0.4 is 10.7 Å². The fourth-order valence-corrected chi connectivity index (χ4v) is 3.95. The zero-order valence-corrected chi connectivity index (χ0v) is 16.6. The van der Waals surface area contributed by atoms with E-state index in [1.54, 1.807) is 30.0 Å². The summed E-state index contributed by atoms with van der Waals surface area (Å²) >= 11 is 3.06. The second-order valence-electron chi connectivity index (χ2n) is 6.00. The minimum atomic E-state index is -0.250. The normalized spacial score (nSPS) is 10.9. The number of nitrogens with one attached hydrogen (secondary N) is 1. The molecule has 1 amide bonds. The molecule has 0 aliphatic carbocycles. The fourth-order valence-electron chi connectivity index (χ4n) is 2.81. The van der Waals surface area contributed by atoms with Crippen molar-refractivity contribution >= 4 is 45.0 Å². The molecule has 0 saturated heterocycles. The number of thioether (sulfide) groups is 1. The summed E-state index contributed by atoms with van der Waals surface area (Å²) in [7, 11) is 0. The molecule has 28 heavy (non-hydrogen) atoms. The molecule has 0 unspecified atom stereocenters. The smallest absolute Gasteiger partial charge is 0.247 e. The number of hydrogen-bond donors (Lipinski definition) is 1. The van der Waals surface area contributed by atoms with Gasteiger partial charge >= 0.3 is 0 Å². The van der Waals surface area contributed by atoms with E-state index in [9.17, 15) is 9.59 Å². The maximum atomic E-state index is 12.5. The molecule has 2 heterocycles. The van der Waals surface area contributed by atoms with Crippen LogP contribution in [-0.2, 0) is 11.3 Å². The highest BCUT2D eigenvalue weighted by Gasteiger charge is 2.11. The zero-order chi connectivity index (χ0) is 19.5. The number of benzene rings is 2. The van der Waals surface area contributed by atoms with E-state index >= 15 is 0 Å². The molecule has 0 bridgehead atoms. The molecule has 4 rings (SSSR count). The minimum absolute atomic E-state index is 0.00186. The first-order valence-corrected chi connectivity index (χ1v) is 10.6. The molecule has 0 fully saturated rings. The summed E-state index contributed by atoms with van der Waals surface area (Å²) in [6.45, 7) is -0.00186. The lowest BCUT2D eigenvalue weighted by Gasteiger charge is -2.08. The maximum absolute atomic E-state index is 12.5. The van der Waals surface area contributed by atoms with E-state index in [4.69, 9.17) is 0 Å². The number of rotatable bonds is 5. The van der Waals surface area contributed by atoms with Crippen LogP contribution in [0.25, 0.3) is 22.2 Å². The summed E-state index contributed by atoms with van der Waals surface area (Å²) in [5, 5.41) is 9.87. The first kappa shape index (κ1) is 18.4. The molecular formula is C20H16N4O2S2. The van der Waals surface area contributed by atoms with E-state index in [-0.39, 0.29) is 17.9 Å². The number of aromatic nitrogens is 3. The van der Waals surface area contributed by atoms with Gasteiger partial charge in [-0.25, -0.2) is 4.98 Å². The van der Waals surface area contributed by atoms with E-state index in [0.29, 0.717) is 16.0 Å². The number of anilines is 1. The van der Waals surface area contributed by atoms with Crippen molar-refractivity contribution in [2.24, 2.45) is 0 Å². The van der Waals surface area contributed by atoms with Crippen molar-refractivity contribution in [1.29, 1.82) is 0 Å².